The lowest BCUT2D eigenvalue weighted by Gasteiger charge is -2.10. The summed E-state index contributed by atoms with van der Waals surface area (Å²) in [4.78, 5) is 16.0. The minimum atomic E-state index is -1.14. The molecule has 1 heterocycles. The third-order valence-electron chi connectivity index (χ3n) is 3.27. The van der Waals surface area contributed by atoms with Crippen LogP contribution >= 0.6 is 22.9 Å². The van der Waals surface area contributed by atoms with Crippen molar-refractivity contribution >= 4 is 39.1 Å². The Kier molecular flexibility index (Phi) is 5.12. The highest BCUT2D eigenvalue weighted by molar-refractivity contribution is 7.18. The molecule has 0 atom stereocenters. The Hall–Kier alpha value is -2.29. The number of nitrogens with one attached hydrogen (secondary N) is 1. The molecule has 0 radical (unpaired) electrons. The number of aliphatic hydroxyl groups excluding tert-OH is 1. The van der Waals surface area contributed by atoms with E-state index in [1.54, 1.807) is 12.1 Å². The second-order valence-corrected chi connectivity index (χ2v) is 6.46. The molecule has 9 heteroatoms. The van der Waals surface area contributed by atoms with Crippen molar-refractivity contribution in [3.63, 3.8) is 0 Å². The lowest BCUT2D eigenvalue weighted by molar-refractivity contribution is 0.0900. The molecule has 0 fully saturated rings. The summed E-state index contributed by atoms with van der Waals surface area (Å²) >= 11 is 7.25. The Balaban J connectivity index is 1.82. The van der Waals surface area contributed by atoms with E-state index in [1.807, 2.05) is 11.4 Å². The smallest absolute Gasteiger partial charge is 0.259 e. The van der Waals surface area contributed by atoms with E-state index in [0.717, 1.165) is 16.8 Å². The summed E-state index contributed by atoms with van der Waals surface area (Å²) in [5.74, 6) is -3.56. The van der Waals surface area contributed by atoms with Gasteiger partial charge in [0.05, 0.1) is 10.2 Å². The Morgan fingerprint density at radius 1 is 1.32 bits per heavy atom. The molecule has 0 saturated carbocycles. The molecular formula is C16H11ClF2N2O3S. The van der Waals surface area contributed by atoms with Crippen molar-refractivity contribution in [1.82, 2.24) is 10.3 Å². The maximum atomic E-state index is 14.3. The molecule has 0 bridgehead atoms. The molecule has 5 nitrogen and oxygen atoms in total. The number of carbonyl (C=O) groups excluding carboxylic acids is 1. The van der Waals surface area contributed by atoms with Gasteiger partial charge in [0.25, 0.3) is 5.91 Å². The summed E-state index contributed by atoms with van der Waals surface area (Å²) in [6.07, 6.45) is 0. The van der Waals surface area contributed by atoms with Crippen LogP contribution in [-0.2, 0) is 6.61 Å². The van der Waals surface area contributed by atoms with Crippen LogP contribution in [-0.4, -0.2) is 22.7 Å². The van der Waals surface area contributed by atoms with E-state index in [9.17, 15) is 13.6 Å². The predicted octanol–water partition coefficient (Wildman–Crippen LogP) is 3.49. The highest BCUT2D eigenvalue weighted by atomic mass is 35.5. The highest BCUT2D eigenvalue weighted by Crippen LogP contribution is 2.28. The number of thiazole rings is 1. The van der Waals surface area contributed by atoms with Crippen LogP contribution in [0.4, 0.5) is 8.78 Å². The highest BCUT2D eigenvalue weighted by Gasteiger charge is 2.21. The Labute approximate surface area is 149 Å². The first kappa shape index (κ1) is 17.5. The Morgan fingerprint density at radius 3 is 2.88 bits per heavy atom. The number of rotatable bonds is 5. The molecule has 0 aliphatic heterocycles. The van der Waals surface area contributed by atoms with Crippen LogP contribution in [0.25, 0.3) is 10.2 Å². The third-order valence-corrected chi connectivity index (χ3v) is 4.51. The molecule has 0 unspecified atom stereocenters. The Morgan fingerprint density at radius 2 is 2.12 bits per heavy atom. The number of halogens is 3. The van der Waals surface area contributed by atoms with E-state index in [-0.39, 0.29) is 12.4 Å². The summed E-state index contributed by atoms with van der Waals surface area (Å²) in [7, 11) is 0. The van der Waals surface area contributed by atoms with E-state index >= 15 is 0 Å². The molecule has 1 amide bonds. The quantitative estimate of drug-likeness (QED) is 0.661. The fourth-order valence-corrected chi connectivity index (χ4v) is 3.19. The third kappa shape index (κ3) is 3.71. The first-order valence-electron chi connectivity index (χ1n) is 7.04. The van der Waals surface area contributed by atoms with E-state index in [1.165, 1.54) is 11.3 Å². The van der Waals surface area contributed by atoms with Crippen LogP contribution in [0.2, 0.25) is 5.02 Å². The summed E-state index contributed by atoms with van der Waals surface area (Å²) in [5, 5.41) is 11.7. The van der Waals surface area contributed by atoms with Gasteiger partial charge in [-0.15, -0.1) is 11.3 Å². The number of nitrogens with zero attached hydrogens (tertiary/aromatic N) is 1. The SMILES string of the molecule is O=C(NCO)c1c(F)ccc(OCc2nc3cc(Cl)ccc3s2)c1F. The lowest BCUT2D eigenvalue weighted by Crippen LogP contribution is -2.26. The number of hydrogen-bond donors (Lipinski definition) is 2. The molecule has 2 N–H and O–H groups in total. The standard InChI is InChI=1S/C16H11ClF2N2O3S/c17-8-1-4-12-10(5-8)21-13(25-12)6-24-11-3-2-9(18)14(15(11)19)16(23)20-7-22/h1-5,22H,6-7H2,(H,20,23). The van der Waals surface area contributed by atoms with E-state index in [2.05, 4.69) is 4.98 Å². The van der Waals surface area contributed by atoms with Gasteiger partial charge in [-0.3, -0.25) is 4.79 Å². The van der Waals surface area contributed by atoms with Gasteiger partial charge in [0.15, 0.2) is 11.6 Å². The molecule has 130 valence electrons. The minimum Gasteiger partial charge on any atom is -0.483 e. The molecule has 25 heavy (non-hydrogen) atoms. The average Bonchev–Trinajstić information content (AvgIpc) is 2.96. The summed E-state index contributed by atoms with van der Waals surface area (Å²) in [6.45, 7) is -0.794. The van der Waals surface area contributed by atoms with Crippen LogP contribution in [0.1, 0.15) is 15.4 Å². The number of aliphatic hydroxyl groups is 1. The topological polar surface area (TPSA) is 71.5 Å². The normalized spacial score (nSPS) is 10.9. The van der Waals surface area contributed by atoms with Crippen LogP contribution in [0.5, 0.6) is 5.75 Å². The number of hydrogen-bond acceptors (Lipinski definition) is 5. The van der Waals surface area contributed by atoms with Gasteiger partial charge in [-0.1, -0.05) is 11.6 Å². The van der Waals surface area contributed by atoms with Crippen molar-refractivity contribution in [1.29, 1.82) is 0 Å². The largest absolute Gasteiger partial charge is 0.483 e. The van der Waals surface area contributed by atoms with Crippen molar-refractivity contribution in [3.05, 3.63) is 57.6 Å². The lowest BCUT2D eigenvalue weighted by atomic mass is 10.1. The number of fused-ring (bicyclic) bond motifs is 1. The van der Waals surface area contributed by atoms with Gasteiger partial charge < -0.3 is 15.2 Å². The Bertz CT molecular complexity index is 949. The molecule has 0 aliphatic carbocycles. The molecular weight excluding hydrogens is 374 g/mol. The number of amides is 1. The molecule has 0 spiro atoms. The van der Waals surface area contributed by atoms with Crippen molar-refractivity contribution in [2.24, 2.45) is 0 Å². The van der Waals surface area contributed by atoms with Gasteiger partial charge in [0.2, 0.25) is 0 Å². The van der Waals surface area contributed by atoms with E-state index in [4.69, 9.17) is 21.4 Å². The minimum absolute atomic E-state index is 0.0550. The predicted molar refractivity (Wildman–Crippen MR) is 89.9 cm³/mol. The van der Waals surface area contributed by atoms with Gasteiger partial charge in [-0.05, 0) is 30.3 Å². The number of carbonyl (C=O) groups is 1. The zero-order chi connectivity index (χ0) is 18.0. The zero-order valence-corrected chi connectivity index (χ0v) is 14.1. The molecule has 2 aromatic carbocycles. The maximum absolute atomic E-state index is 14.3. The van der Waals surface area contributed by atoms with E-state index < -0.39 is 29.8 Å². The van der Waals surface area contributed by atoms with Crippen molar-refractivity contribution < 1.29 is 23.4 Å². The van der Waals surface area contributed by atoms with Crippen molar-refractivity contribution in [3.8, 4) is 5.75 Å². The molecule has 3 rings (SSSR count). The van der Waals surface area contributed by atoms with Gasteiger partial charge in [0.1, 0.15) is 29.7 Å². The maximum Gasteiger partial charge on any atom is 0.259 e. The van der Waals surface area contributed by atoms with Crippen LogP contribution in [0.15, 0.2) is 30.3 Å². The van der Waals surface area contributed by atoms with Crippen molar-refractivity contribution in [2.45, 2.75) is 6.61 Å². The van der Waals surface area contributed by atoms with Crippen LogP contribution < -0.4 is 10.1 Å². The van der Waals surface area contributed by atoms with Gasteiger partial charge in [-0.2, -0.15) is 0 Å². The summed E-state index contributed by atoms with van der Waals surface area (Å²) < 4.78 is 34.2. The summed E-state index contributed by atoms with van der Waals surface area (Å²) in [6, 6.07) is 7.26. The molecule has 3 aromatic rings. The van der Waals surface area contributed by atoms with E-state index in [0.29, 0.717) is 15.5 Å². The fourth-order valence-electron chi connectivity index (χ4n) is 2.16. The average molecular weight is 385 g/mol. The number of benzene rings is 2. The number of aromatic nitrogens is 1. The van der Waals surface area contributed by atoms with Crippen molar-refractivity contribution in [2.75, 3.05) is 6.73 Å². The molecule has 0 aliphatic rings. The monoisotopic (exact) mass is 384 g/mol. The van der Waals surface area contributed by atoms with Crippen LogP contribution in [0, 0.1) is 11.6 Å². The number of ether oxygens (including phenoxy) is 1. The van der Waals surface area contributed by atoms with Gasteiger partial charge in [0, 0.05) is 5.02 Å². The first-order valence-corrected chi connectivity index (χ1v) is 8.24. The second kappa shape index (κ2) is 7.30. The molecule has 0 saturated heterocycles. The first-order chi connectivity index (χ1) is 12.0. The van der Waals surface area contributed by atoms with Gasteiger partial charge in [-0.25, -0.2) is 13.8 Å². The second-order valence-electron chi connectivity index (χ2n) is 4.91. The zero-order valence-electron chi connectivity index (χ0n) is 12.6. The molecule has 1 aromatic heterocycles. The van der Waals surface area contributed by atoms with Gasteiger partial charge >= 0.3 is 0 Å². The van der Waals surface area contributed by atoms with Crippen LogP contribution in [0.3, 0.4) is 0 Å². The fraction of sp³-hybridized carbons (Fsp3) is 0.125. The summed E-state index contributed by atoms with van der Waals surface area (Å²) in [5.41, 5.74) is -0.124.